The van der Waals surface area contributed by atoms with Crippen molar-refractivity contribution in [2.75, 3.05) is 0 Å². The van der Waals surface area contributed by atoms with Gasteiger partial charge >= 0.3 is 12.1 Å². The minimum atomic E-state index is -4.70. The third-order valence-corrected chi connectivity index (χ3v) is 2.32. The molecular weight excluding hydrogens is 249 g/mol. The van der Waals surface area contributed by atoms with Crippen molar-refractivity contribution in [1.82, 2.24) is 9.55 Å². The Morgan fingerprint density at radius 2 is 1.83 bits per heavy atom. The van der Waals surface area contributed by atoms with Gasteiger partial charge in [-0.1, -0.05) is 0 Å². The Labute approximate surface area is 99.3 Å². The first kappa shape index (κ1) is 12.2. The monoisotopic (exact) mass is 256 g/mol. The van der Waals surface area contributed by atoms with Gasteiger partial charge in [0.2, 0.25) is 0 Å². The molecule has 7 heteroatoms. The Balaban J connectivity index is 2.57. The first-order chi connectivity index (χ1) is 8.39. The molecule has 0 saturated heterocycles. The number of halogens is 3. The Morgan fingerprint density at radius 1 is 1.22 bits per heavy atom. The maximum absolute atomic E-state index is 12.6. The van der Waals surface area contributed by atoms with Gasteiger partial charge < -0.3 is 9.67 Å². The molecule has 0 aliphatic rings. The van der Waals surface area contributed by atoms with Gasteiger partial charge in [0.05, 0.1) is 11.1 Å². The van der Waals surface area contributed by atoms with Gasteiger partial charge in [-0.15, -0.1) is 0 Å². The molecule has 2 aromatic heterocycles. The minimum Gasteiger partial charge on any atom is -0.478 e. The predicted octanol–water partition coefficient (Wildman–Crippen LogP) is 2.59. The van der Waals surface area contributed by atoms with Crippen molar-refractivity contribution in [3.8, 4) is 5.69 Å². The highest BCUT2D eigenvalue weighted by atomic mass is 19.4. The number of carboxylic acids is 1. The number of carboxylic acid groups (broad SMARTS) is 1. The standard InChI is InChI=1S/C11H7F3N2O2/c12-11(13,14)9-6-16(5-8(9)10(17)18)7-1-3-15-4-2-7/h1-6H,(H,17,18). The van der Waals surface area contributed by atoms with Gasteiger partial charge in [-0.05, 0) is 12.1 Å². The van der Waals surface area contributed by atoms with Gasteiger partial charge in [-0.2, -0.15) is 13.2 Å². The van der Waals surface area contributed by atoms with Crippen LogP contribution in [0.15, 0.2) is 36.9 Å². The molecule has 1 N–H and O–H groups in total. The van der Waals surface area contributed by atoms with Crippen LogP contribution < -0.4 is 0 Å². The second-order valence-corrected chi connectivity index (χ2v) is 3.50. The lowest BCUT2D eigenvalue weighted by Crippen LogP contribution is -2.09. The predicted molar refractivity (Wildman–Crippen MR) is 55.5 cm³/mol. The second-order valence-electron chi connectivity index (χ2n) is 3.50. The smallest absolute Gasteiger partial charge is 0.418 e. The summed E-state index contributed by atoms with van der Waals surface area (Å²) in [5.41, 5.74) is -1.55. The molecule has 0 aliphatic carbocycles. The van der Waals surface area contributed by atoms with E-state index in [4.69, 9.17) is 5.11 Å². The molecule has 2 aromatic rings. The quantitative estimate of drug-likeness (QED) is 0.898. The minimum absolute atomic E-state index is 0.406. The third-order valence-electron chi connectivity index (χ3n) is 2.32. The van der Waals surface area contributed by atoms with Crippen LogP contribution in [0, 0.1) is 0 Å². The molecule has 0 radical (unpaired) electrons. The van der Waals surface area contributed by atoms with Crippen molar-refractivity contribution in [3.63, 3.8) is 0 Å². The summed E-state index contributed by atoms with van der Waals surface area (Å²) in [6, 6.07) is 2.96. The average Bonchev–Trinajstić information content (AvgIpc) is 2.74. The maximum Gasteiger partial charge on any atom is 0.418 e. The van der Waals surface area contributed by atoms with E-state index in [1.807, 2.05) is 0 Å². The van der Waals surface area contributed by atoms with Crippen LogP contribution in [0.25, 0.3) is 5.69 Å². The number of aromatic nitrogens is 2. The molecule has 2 rings (SSSR count). The molecular formula is C11H7F3N2O2. The van der Waals surface area contributed by atoms with Crippen LogP contribution in [0.4, 0.5) is 13.2 Å². The van der Waals surface area contributed by atoms with E-state index >= 15 is 0 Å². The molecule has 0 saturated carbocycles. The lowest BCUT2D eigenvalue weighted by Gasteiger charge is -2.04. The van der Waals surface area contributed by atoms with Crippen molar-refractivity contribution in [3.05, 3.63) is 48.0 Å². The number of carbonyl (C=O) groups is 1. The maximum atomic E-state index is 12.6. The van der Waals surface area contributed by atoms with Crippen LogP contribution in [0.1, 0.15) is 15.9 Å². The summed E-state index contributed by atoms with van der Waals surface area (Å²) in [7, 11) is 0. The lowest BCUT2D eigenvalue weighted by atomic mass is 10.2. The summed E-state index contributed by atoms with van der Waals surface area (Å²) in [5, 5.41) is 8.76. The fourth-order valence-corrected chi connectivity index (χ4v) is 1.52. The summed E-state index contributed by atoms with van der Waals surface area (Å²) >= 11 is 0. The summed E-state index contributed by atoms with van der Waals surface area (Å²) in [5.74, 6) is -1.62. The van der Waals surface area contributed by atoms with Crippen molar-refractivity contribution in [2.45, 2.75) is 6.18 Å². The van der Waals surface area contributed by atoms with Gasteiger partial charge in [-0.3, -0.25) is 4.98 Å². The fourth-order valence-electron chi connectivity index (χ4n) is 1.52. The van der Waals surface area contributed by atoms with Crippen molar-refractivity contribution in [2.24, 2.45) is 0 Å². The summed E-state index contributed by atoms with van der Waals surface area (Å²) in [4.78, 5) is 14.5. The lowest BCUT2D eigenvalue weighted by molar-refractivity contribution is -0.138. The summed E-state index contributed by atoms with van der Waals surface area (Å²) < 4.78 is 39.1. The Bertz CT molecular complexity index is 576. The van der Waals surface area contributed by atoms with E-state index in [-0.39, 0.29) is 0 Å². The van der Waals surface area contributed by atoms with Crippen LogP contribution >= 0.6 is 0 Å². The second kappa shape index (κ2) is 4.17. The molecule has 0 spiro atoms. The molecule has 0 atom stereocenters. The van der Waals surface area contributed by atoms with Gasteiger partial charge in [0.25, 0.3) is 0 Å². The van der Waals surface area contributed by atoms with E-state index in [1.54, 1.807) is 0 Å². The fraction of sp³-hybridized carbons (Fsp3) is 0.0909. The van der Waals surface area contributed by atoms with E-state index in [9.17, 15) is 18.0 Å². The summed E-state index contributed by atoms with van der Waals surface area (Å²) in [6.45, 7) is 0. The zero-order valence-corrected chi connectivity index (χ0v) is 8.85. The number of hydrogen-bond donors (Lipinski definition) is 1. The molecule has 0 aliphatic heterocycles. The topological polar surface area (TPSA) is 55.1 Å². The van der Waals surface area contributed by atoms with Gasteiger partial charge in [0.1, 0.15) is 0 Å². The van der Waals surface area contributed by atoms with E-state index in [1.165, 1.54) is 24.5 Å². The molecule has 94 valence electrons. The molecule has 0 amide bonds. The van der Waals surface area contributed by atoms with Crippen LogP contribution in [0.2, 0.25) is 0 Å². The number of hydrogen-bond acceptors (Lipinski definition) is 2. The van der Waals surface area contributed by atoms with Crippen LogP contribution in [0.5, 0.6) is 0 Å². The number of alkyl halides is 3. The highest BCUT2D eigenvalue weighted by Gasteiger charge is 2.37. The first-order valence-corrected chi connectivity index (χ1v) is 4.82. The van der Waals surface area contributed by atoms with Gasteiger partial charge in [0, 0.05) is 30.5 Å². The van der Waals surface area contributed by atoms with Gasteiger partial charge in [0.15, 0.2) is 0 Å². The number of rotatable bonds is 2. The van der Waals surface area contributed by atoms with E-state index in [0.717, 1.165) is 17.0 Å². The number of aromatic carboxylic acids is 1. The third kappa shape index (κ3) is 2.20. The average molecular weight is 256 g/mol. The van der Waals surface area contributed by atoms with E-state index in [0.29, 0.717) is 5.69 Å². The number of pyridine rings is 1. The van der Waals surface area contributed by atoms with Crippen molar-refractivity contribution < 1.29 is 23.1 Å². The van der Waals surface area contributed by atoms with Crippen LogP contribution in [0.3, 0.4) is 0 Å². The largest absolute Gasteiger partial charge is 0.478 e. The van der Waals surface area contributed by atoms with Crippen LogP contribution in [-0.4, -0.2) is 20.6 Å². The highest BCUT2D eigenvalue weighted by Crippen LogP contribution is 2.33. The Hall–Kier alpha value is -2.31. The zero-order chi connectivity index (χ0) is 13.3. The van der Waals surface area contributed by atoms with Crippen molar-refractivity contribution in [1.29, 1.82) is 0 Å². The van der Waals surface area contributed by atoms with E-state index in [2.05, 4.69) is 4.98 Å². The summed E-state index contributed by atoms with van der Waals surface area (Å²) in [6.07, 6.45) is -0.211. The molecule has 0 bridgehead atoms. The molecule has 4 nitrogen and oxygen atoms in total. The molecule has 18 heavy (non-hydrogen) atoms. The van der Waals surface area contributed by atoms with Crippen molar-refractivity contribution >= 4 is 5.97 Å². The molecule has 0 aromatic carbocycles. The number of nitrogens with zero attached hydrogens (tertiary/aromatic N) is 2. The highest BCUT2D eigenvalue weighted by molar-refractivity contribution is 5.89. The molecule has 0 unspecified atom stereocenters. The molecule has 2 heterocycles. The zero-order valence-electron chi connectivity index (χ0n) is 8.85. The Morgan fingerprint density at radius 3 is 2.28 bits per heavy atom. The normalized spacial score (nSPS) is 11.5. The SMILES string of the molecule is O=C(O)c1cn(-c2ccncc2)cc1C(F)(F)F. The van der Waals surface area contributed by atoms with E-state index < -0.39 is 23.3 Å². The molecule has 0 fully saturated rings. The Kier molecular flexibility index (Phi) is 2.82. The van der Waals surface area contributed by atoms with Gasteiger partial charge in [-0.25, -0.2) is 4.79 Å². The van der Waals surface area contributed by atoms with Crippen LogP contribution in [-0.2, 0) is 6.18 Å². The first-order valence-electron chi connectivity index (χ1n) is 4.82.